The normalized spacial score (nSPS) is 24.2. The monoisotopic (exact) mass is 431 g/mol. The van der Waals surface area contributed by atoms with Crippen LogP contribution >= 0.6 is 0 Å². The SMILES string of the molecule is CN1CCCC1C(=O)OCCN1C(=O)CC[C@H](N2C(=O)c3cccc(F)c3C2=O)C1=O. The number of rotatable bonds is 5. The molecular formula is C21H22FN3O6. The molecule has 1 aromatic rings. The molecule has 2 atom stereocenters. The molecule has 1 unspecified atom stereocenters. The van der Waals surface area contributed by atoms with Crippen LogP contribution in [-0.2, 0) is 19.1 Å². The Labute approximate surface area is 177 Å². The summed E-state index contributed by atoms with van der Waals surface area (Å²) in [4.78, 5) is 66.3. The Kier molecular flexibility index (Phi) is 5.57. The zero-order valence-electron chi connectivity index (χ0n) is 17.0. The van der Waals surface area contributed by atoms with Crippen molar-refractivity contribution in [1.29, 1.82) is 0 Å². The Morgan fingerprint density at radius 3 is 2.61 bits per heavy atom. The second kappa shape index (κ2) is 8.18. The summed E-state index contributed by atoms with van der Waals surface area (Å²) < 4.78 is 19.3. The minimum Gasteiger partial charge on any atom is -0.463 e. The minimum absolute atomic E-state index is 0.0338. The number of esters is 1. The number of ether oxygens (including phenoxy) is 1. The molecule has 31 heavy (non-hydrogen) atoms. The number of nitrogens with zero attached hydrogens (tertiary/aromatic N) is 3. The third kappa shape index (κ3) is 3.60. The van der Waals surface area contributed by atoms with E-state index < -0.39 is 41.5 Å². The molecule has 9 nitrogen and oxygen atoms in total. The number of benzene rings is 1. The van der Waals surface area contributed by atoms with Crippen molar-refractivity contribution in [2.75, 3.05) is 26.7 Å². The molecule has 4 rings (SSSR count). The number of likely N-dealkylation sites (tertiary alicyclic amines) is 2. The lowest BCUT2D eigenvalue weighted by atomic mass is 10.0. The van der Waals surface area contributed by atoms with E-state index in [0.717, 1.165) is 28.8 Å². The molecule has 4 amide bonds. The fraction of sp³-hybridized carbons (Fsp3) is 0.476. The number of amides is 4. The molecule has 3 aliphatic rings. The third-order valence-corrected chi connectivity index (χ3v) is 6.04. The van der Waals surface area contributed by atoms with Crippen molar-refractivity contribution in [3.8, 4) is 0 Å². The Morgan fingerprint density at radius 1 is 1.16 bits per heavy atom. The molecule has 3 heterocycles. The van der Waals surface area contributed by atoms with Crippen molar-refractivity contribution in [1.82, 2.24) is 14.7 Å². The number of imide groups is 2. The molecule has 0 aliphatic carbocycles. The molecule has 0 aromatic heterocycles. The predicted octanol–water partition coefficient (Wildman–Crippen LogP) is 0.577. The highest BCUT2D eigenvalue weighted by Gasteiger charge is 2.47. The van der Waals surface area contributed by atoms with Gasteiger partial charge < -0.3 is 4.74 Å². The van der Waals surface area contributed by atoms with E-state index in [1.165, 1.54) is 12.1 Å². The summed E-state index contributed by atoms with van der Waals surface area (Å²) in [5.41, 5.74) is -0.464. The van der Waals surface area contributed by atoms with Gasteiger partial charge in [0.25, 0.3) is 17.7 Å². The van der Waals surface area contributed by atoms with Crippen LogP contribution in [0.2, 0.25) is 0 Å². The number of likely N-dealkylation sites (N-methyl/N-ethyl adjacent to an activating group) is 1. The molecule has 0 saturated carbocycles. The molecule has 3 aliphatic heterocycles. The number of fused-ring (bicyclic) bond motifs is 1. The van der Waals surface area contributed by atoms with Gasteiger partial charge in [-0.05, 0) is 45.0 Å². The molecule has 164 valence electrons. The summed E-state index contributed by atoms with van der Waals surface area (Å²) in [5, 5.41) is 0. The highest BCUT2D eigenvalue weighted by atomic mass is 19.1. The van der Waals surface area contributed by atoms with E-state index >= 15 is 0 Å². The molecule has 2 fully saturated rings. The average Bonchev–Trinajstić information content (AvgIpc) is 3.27. The smallest absolute Gasteiger partial charge is 0.323 e. The zero-order valence-corrected chi connectivity index (χ0v) is 17.0. The van der Waals surface area contributed by atoms with Gasteiger partial charge in [-0.3, -0.25) is 38.7 Å². The van der Waals surface area contributed by atoms with Crippen molar-refractivity contribution in [3.63, 3.8) is 0 Å². The fourth-order valence-corrected chi connectivity index (χ4v) is 4.38. The first kappa shape index (κ1) is 21.1. The van der Waals surface area contributed by atoms with Gasteiger partial charge in [-0.2, -0.15) is 0 Å². The molecule has 10 heteroatoms. The van der Waals surface area contributed by atoms with E-state index in [2.05, 4.69) is 0 Å². The lowest BCUT2D eigenvalue weighted by Gasteiger charge is -2.34. The van der Waals surface area contributed by atoms with E-state index in [9.17, 15) is 28.4 Å². The van der Waals surface area contributed by atoms with Gasteiger partial charge in [-0.1, -0.05) is 6.07 Å². The standard InChI is InChI=1S/C21H22FN3O6/c1-23-9-3-6-15(23)21(30)31-11-10-24-16(26)8-7-14(19(24)28)25-18(27)12-4-2-5-13(22)17(12)20(25)29/h2,4-5,14-15H,3,6-11H2,1H3/t14-,15?/m0/s1. The Hall–Kier alpha value is -3.14. The van der Waals surface area contributed by atoms with Gasteiger partial charge in [-0.25, -0.2) is 4.39 Å². The quantitative estimate of drug-likeness (QED) is 0.496. The second-order valence-corrected chi connectivity index (χ2v) is 7.89. The number of halogens is 1. The highest BCUT2D eigenvalue weighted by Crippen LogP contribution is 2.30. The molecule has 0 radical (unpaired) electrons. The lowest BCUT2D eigenvalue weighted by Crippen LogP contribution is -2.56. The number of carbonyl (C=O) groups is 5. The van der Waals surface area contributed by atoms with Crippen LogP contribution < -0.4 is 0 Å². The topological polar surface area (TPSA) is 104 Å². The Morgan fingerprint density at radius 2 is 1.94 bits per heavy atom. The summed E-state index contributed by atoms with van der Waals surface area (Å²) in [5.74, 6) is -4.11. The molecule has 2 saturated heterocycles. The van der Waals surface area contributed by atoms with Gasteiger partial charge in [-0.15, -0.1) is 0 Å². The summed E-state index contributed by atoms with van der Waals surface area (Å²) in [7, 11) is 1.83. The van der Waals surface area contributed by atoms with E-state index in [1.807, 2.05) is 11.9 Å². The van der Waals surface area contributed by atoms with Crippen LogP contribution in [0.3, 0.4) is 0 Å². The van der Waals surface area contributed by atoms with Crippen LogP contribution in [0.1, 0.15) is 46.4 Å². The minimum atomic E-state index is -1.21. The van der Waals surface area contributed by atoms with E-state index in [-0.39, 0.29) is 43.2 Å². The predicted molar refractivity (Wildman–Crippen MR) is 103 cm³/mol. The first-order chi connectivity index (χ1) is 14.8. The maximum atomic E-state index is 14.1. The summed E-state index contributed by atoms with van der Waals surface area (Å²) >= 11 is 0. The maximum Gasteiger partial charge on any atom is 0.323 e. The molecule has 1 aromatic carbocycles. The molecular weight excluding hydrogens is 409 g/mol. The van der Waals surface area contributed by atoms with Gasteiger partial charge in [0.1, 0.15) is 24.5 Å². The molecule has 0 N–H and O–H groups in total. The van der Waals surface area contributed by atoms with Crippen molar-refractivity contribution < 1.29 is 33.1 Å². The largest absolute Gasteiger partial charge is 0.463 e. The van der Waals surface area contributed by atoms with Crippen molar-refractivity contribution in [2.45, 2.75) is 37.8 Å². The first-order valence-electron chi connectivity index (χ1n) is 10.2. The second-order valence-electron chi connectivity index (χ2n) is 7.89. The summed E-state index contributed by atoms with van der Waals surface area (Å²) in [6.07, 6.45) is 1.48. The van der Waals surface area contributed by atoms with Crippen LogP contribution in [-0.4, -0.2) is 83.1 Å². The van der Waals surface area contributed by atoms with Crippen molar-refractivity contribution in [2.24, 2.45) is 0 Å². The van der Waals surface area contributed by atoms with Crippen LogP contribution in [0, 0.1) is 5.82 Å². The van der Waals surface area contributed by atoms with Crippen LogP contribution in [0.25, 0.3) is 0 Å². The molecule has 0 spiro atoms. The Balaban J connectivity index is 1.43. The maximum absolute atomic E-state index is 14.1. The van der Waals surface area contributed by atoms with E-state index in [0.29, 0.717) is 6.42 Å². The first-order valence-corrected chi connectivity index (χ1v) is 10.2. The van der Waals surface area contributed by atoms with E-state index in [1.54, 1.807) is 0 Å². The van der Waals surface area contributed by atoms with Gasteiger partial charge in [0.15, 0.2) is 0 Å². The number of hydrogen-bond donors (Lipinski definition) is 0. The average molecular weight is 431 g/mol. The van der Waals surface area contributed by atoms with Gasteiger partial charge in [0.05, 0.1) is 17.7 Å². The summed E-state index contributed by atoms with van der Waals surface area (Å²) in [6, 6.07) is 2.17. The van der Waals surface area contributed by atoms with Gasteiger partial charge in [0, 0.05) is 6.42 Å². The number of carbonyl (C=O) groups excluding carboxylic acids is 5. The number of piperidine rings is 1. The van der Waals surface area contributed by atoms with Crippen molar-refractivity contribution >= 4 is 29.6 Å². The lowest BCUT2D eigenvalue weighted by molar-refractivity contribution is -0.157. The number of hydrogen-bond acceptors (Lipinski definition) is 7. The van der Waals surface area contributed by atoms with Crippen molar-refractivity contribution in [3.05, 3.63) is 35.1 Å². The molecule has 0 bridgehead atoms. The zero-order chi connectivity index (χ0) is 22.3. The van der Waals surface area contributed by atoms with Crippen LogP contribution in [0.5, 0.6) is 0 Å². The fourth-order valence-electron chi connectivity index (χ4n) is 4.38. The summed E-state index contributed by atoms with van der Waals surface area (Å²) in [6.45, 7) is 0.448. The van der Waals surface area contributed by atoms with Gasteiger partial charge >= 0.3 is 5.97 Å². The Bertz CT molecular complexity index is 980. The van der Waals surface area contributed by atoms with E-state index in [4.69, 9.17) is 4.74 Å². The third-order valence-electron chi connectivity index (χ3n) is 6.04. The van der Waals surface area contributed by atoms with Gasteiger partial charge in [0.2, 0.25) is 5.91 Å². The van der Waals surface area contributed by atoms with Crippen LogP contribution in [0.15, 0.2) is 18.2 Å². The highest BCUT2D eigenvalue weighted by molar-refractivity contribution is 6.23. The van der Waals surface area contributed by atoms with Crippen LogP contribution in [0.4, 0.5) is 4.39 Å².